The summed E-state index contributed by atoms with van der Waals surface area (Å²) in [6, 6.07) is 12.4. The van der Waals surface area contributed by atoms with Gasteiger partial charge in [0.2, 0.25) is 0 Å². The first-order chi connectivity index (χ1) is 13.5. The number of fused-ring (bicyclic) bond motifs is 1. The Balaban J connectivity index is 1.81. The Bertz CT molecular complexity index is 1000. The van der Waals surface area contributed by atoms with Gasteiger partial charge in [0.05, 0.1) is 20.8 Å². The number of hydrogen-bond acceptors (Lipinski definition) is 6. The van der Waals surface area contributed by atoms with Crippen molar-refractivity contribution in [2.24, 2.45) is 5.10 Å². The largest absolute Gasteiger partial charge is 0.497 e. The predicted molar refractivity (Wildman–Crippen MR) is 107 cm³/mol. The van der Waals surface area contributed by atoms with Crippen LogP contribution in [0.1, 0.15) is 30.0 Å². The Morgan fingerprint density at radius 3 is 2.46 bits per heavy atom. The molecule has 0 aliphatic rings. The minimum atomic E-state index is -0.386. The van der Waals surface area contributed by atoms with Crippen molar-refractivity contribution >= 4 is 22.6 Å². The lowest BCUT2D eigenvalue weighted by atomic mass is 10.2. The summed E-state index contributed by atoms with van der Waals surface area (Å²) in [6.07, 6.45) is 0. The number of rotatable bonds is 7. The molecule has 0 fully saturated rings. The number of benzene rings is 2. The molecule has 0 aliphatic heterocycles. The van der Waals surface area contributed by atoms with E-state index in [1.165, 1.54) is 14.2 Å². The first kappa shape index (κ1) is 19.3. The maximum atomic E-state index is 12.4. The van der Waals surface area contributed by atoms with Crippen molar-refractivity contribution in [3.63, 3.8) is 0 Å². The van der Waals surface area contributed by atoms with E-state index in [0.717, 1.165) is 5.39 Å². The van der Waals surface area contributed by atoms with Crippen LogP contribution in [0.3, 0.4) is 0 Å². The topological polar surface area (TPSA) is 82.3 Å². The molecule has 1 amide bonds. The second kappa shape index (κ2) is 8.47. The average molecular weight is 382 g/mol. The van der Waals surface area contributed by atoms with E-state index in [2.05, 4.69) is 10.5 Å². The number of hydrogen-bond donors (Lipinski definition) is 1. The van der Waals surface area contributed by atoms with Gasteiger partial charge in [-0.15, -0.1) is 0 Å². The normalized spacial score (nSPS) is 11.4. The highest BCUT2D eigenvalue weighted by molar-refractivity contribution is 6.02. The van der Waals surface area contributed by atoms with Crippen LogP contribution in [0.15, 0.2) is 52.0 Å². The molecule has 2 aromatic carbocycles. The van der Waals surface area contributed by atoms with Gasteiger partial charge in [-0.1, -0.05) is 12.1 Å². The molecule has 3 aromatic rings. The molecule has 0 saturated heterocycles. The molecule has 0 unspecified atom stereocenters. The Kier molecular flexibility index (Phi) is 5.84. The number of nitrogens with one attached hydrogen (secondary N) is 1. The van der Waals surface area contributed by atoms with Gasteiger partial charge >= 0.3 is 0 Å². The van der Waals surface area contributed by atoms with Crippen LogP contribution in [0.2, 0.25) is 0 Å². The van der Waals surface area contributed by atoms with Gasteiger partial charge < -0.3 is 18.6 Å². The van der Waals surface area contributed by atoms with Gasteiger partial charge in [-0.05, 0) is 38.1 Å². The summed E-state index contributed by atoms with van der Waals surface area (Å²) in [4.78, 5) is 12.4. The highest BCUT2D eigenvalue weighted by Crippen LogP contribution is 2.29. The molecule has 1 N–H and O–H groups in total. The summed E-state index contributed by atoms with van der Waals surface area (Å²) in [5.74, 6) is 1.87. The Hall–Kier alpha value is -3.48. The third-order valence-corrected chi connectivity index (χ3v) is 4.10. The third kappa shape index (κ3) is 4.09. The number of amides is 1. The first-order valence-electron chi connectivity index (χ1n) is 8.79. The quantitative estimate of drug-likeness (QED) is 0.493. The van der Waals surface area contributed by atoms with Crippen LogP contribution < -0.4 is 19.6 Å². The number of hydrazone groups is 1. The summed E-state index contributed by atoms with van der Waals surface area (Å²) >= 11 is 0. The Morgan fingerprint density at radius 2 is 1.82 bits per heavy atom. The Morgan fingerprint density at radius 1 is 1.11 bits per heavy atom. The maximum Gasteiger partial charge on any atom is 0.271 e. The van der Waals surface area contributed by atoms with Crippen LogP contribution in [-0.4, -0.2) is 32.4 Å². The van der Waals surface area contributed by atoms with E-state index in [1.54, 1.807) is 25.1 Å². The molecule has 0 saturated carbocycles. The van der Waals surface area contributed by atoms with Crippen molar-refractivity contribution in [2.75, 3.05) is 20.8 Å². The summed E-state index contributed by atoms with van der Waals surface area (Å²) in [7, 11) is 3.05. The summed E-state index contributed by atoms with van der Waals surface area (Å²) in [5.41, 5.74) is 4.08. The van der Waals surface area contributed by atoms with Crippen molar-refractivity contribution in [3.05, 3.63) is 53.8 Å². The molecule has 3 rings (SSSR count). The van der Waals surface area contributed by atoms with Crippen LogP contribution in [0.25, 0.3) is 11.0 Å². The number of carbonyl (C=O) groups is 1. The molecular formula is C21H22N2O5. The molecule has 0 bridgehead atoms. The minimum absolute atomic E-state index is 0.371. The van der Waals surface area contributed by atoms with Gasteiger partial charge in [0, 0.05) is 17.0 Å². The predicted octanol–water partition coefficient (Wildman–Crippen LogP) is 4.00. The zero-order valence-electron chi connectivity index (χ0n) is 16.2. The number of methoxy groups -OCH3 is 2. The van der Waals surface area contributed by atoms with Crippen molar-refractivity contribution in [1.82, 2.24) is 5.43 Å². The average Bonchev–Trinajstić information content (AvgIpc) is 3.17. The number of furan rings is 1. The van der Waals surface area contributed by atoms with Crippen molar-refractivity contribution < 1.29 is 23.4 Å². The van der Waals surface area contributed by atoms with Crippen LogP contribution in [0.5, 0.6) is 17.2 Å². The van der Waals surface area contributed by atoms with Crippen molar-refractivity contribution in [1.29, 1.82) is 0 Å². The molecule has 0 spiro atoms. The lowest BCUT2D eigenvalue weighted by Gasteiger charge is -2.07. The standard InChI is InChI=1S/C21H22N2O5/c1-5-27-18-8-6-7-14-11-19(28-20(14)18)13(2)22-23-21(24)15-9-16(25-3)12-17(10-15)26-4/h6-12H,5H2,1-4H3,(H,23,24)/b22-13-. The van der Waals surface area contributed by atoms with E-state index in [9.17, 15) is 4.79 Å². The highest BCUT2D eigenvalue weighted by Gasteiger charge is 2.13. The van der Waals surface area contributed by atoms with Gasteiger partial charge in [0.15, 0.2) is 17.1 Å². The smallest absolute Gasteiger partial charge is 0.271 e. The molecule has 0 aliphatic carbocycles. The fourth-order valence-electron chi connectivity index (χ4n) is 2.68. The molecule has 0 radical (unpaired) electrons. The molecule has 7 heteroatoms. The van der Waals surface area contributed by atoms with Crippen LogP contribution in [0, 0.1) is 0 Å². The third-order valence-electron chi connectivity index (χ3n) is 4.10. The number of para-hydroxylation sites is 1. The summed E-state index contributed by atoms with van der Waals surface area (Å²) in [6.45, 7) is 4.21. The molecular weight excluding hydrogens is 360 g/mol. The molecule has 146 valence electrons. The van der Waals surface area contributed by atoms with E-state index in [-0.39, 0.29) is 5.91 Å². The maximum absolute atomic E-state index is 12.4. The first-order valence-corrected chi connectivity index (χ1v) is 8.79. The SMILES string of the molecule is CCOc1cccc2cc(/C(C)=N\NC(=O)c3cc(OC)cc(OC)c3)oc12. The van der Waals surface area contributed by atoms with E-state index in [0.29, 0.717) is 46.5 Å². The van der Waals surface area contributed by atoms with Gasteiger partial charge in [0.25, 0.3) is 5.91 Å². The number of carbonyl (C=O) groups excluding carboxylic acids is 1. The van der Waals surface area contributed by atoms with Gasteiger partial charge in [-0.25, -0.2) is 5.43 Å². The molecule has 1 aromatic heterocycles. The molecule has 0 atom stereocenters. The number of nitrogens with zero attached hydrogens (tertiary/aromatic N) is 1. The molecule has 28 heavy (non-hydrogen) atoms. The molecule has 7 nitrogen and oxygen atoms in total. The van der Waals surface area contributed by atoms with Crippen molar-refractivity contribution in [3.8, 4) is 17.2 Å². The second-order valence-electron chi connectivity index (χ2n) is 5.96. The zero-order chi connectivity index (χ0) is 20.1. The monoisotopic (exact) mass is 382 g/mol. The van der Waals surface area contributed by atoms with E-state index < -0.39 is 0 Å². The lowest BCUT2D eigenvalue weighted by molar-refractivity contribution is 0.0954. The van der Waals surface area contributed by atoms with Crippen LogP contribution in [0.4, 0.5) is 0 Å². The molecule has 1 heterocycles. The van der Waals surface area contributed by atoms with Crippen LogP contribution >= 0.6 is 0 Å². The zero-order valence-corrected chi connectivity index (χ0v) is 16.2. The van der Waals surface area contributed by atoms with Crippen LogP contribution in [-0.2, 0) is 0 Å². The second-order valence-corrected chi connectivity index (χ2v) is 5.96. The van der Waals surface area contributed by atoms with E-state index in [4.69, 9.17) is 18.6 Å². The summed E-state index contributed by atoms with van der Waals surface area (Å²) in [5, 5.41) is 5.06. The highest BCUT2D eigenvalue weighted by atomic mass is 16.5. The fraction of sp³-hybridized carbons (Fsp3) is 0.238. The summed E-state index contributed by atoms with van der Waals surface area (Å²) < 4.78 is 21.8. The van der Waals surface area contributed by atoms with Gasteiger partial charge in [-0.2, -0.15) is 5.10 Å². The van der Waals surface area contributed by atoms with E-state index >= 15 is 0 Å². The minimum Gasteiger partial charge on any atom is -0.497 e. The Labute approximate surface area is 162 Å². The fourth-order valence-corrected chi connectivity index (χ4v) is 2.68. The van der Waals surface area contributed by atoms with Gasteiger partial charge in [0.1, 0.15) is 17.2 Å². The lowest BCUT2D eigenvalue weighted by Crippen LogP contribution is -2.19. The number of ether oxygens (including phenoxy) is 3. The van der Waals surface area contributed by atoms with E-state index in [1.807, 2.05) is 31.2 Å². The van der Waals surface area contributed by atoms with Gasteiger partial charge in [-0.3, -0.25) is 4.79 Å². The van der Waals surface area contributed by atoms with Crippen molar-refractivity contribution in [2.45, 2.75) is 13.8 Å².